The van der Waals surface area contributed by atoms with Crippen molar-refractivity contribution in [2.45, 2.75) is 4.90 Å². The van der Waals surface area contributed by atoms with E-state index in [-0.39, 0.29) is 31.9 Å². The fourth-order valence-electron chi connectivity index (χ4n) is 2.53. The first-order valence-corrected chi connectivity index (χ1v) is 10.3. The van der Waals surface area contributed by atoms with Gasteiger partial charge in [0.05, 0.1) is 18.9 Å². The van der Waals surface area contributed by atoms with Gasteiger partial charge < -0.3 is 10.1 Å². The number of benzene rings is 2. The van der Waals surface area contributed by atoms with E-state index < -0.39 is 26.6 Å². The Kier molecular flexibility index (Phi) is 5.90. The van der Waals surface area contributed by atoms with E-state index in [0.29, 0.717) is 5.69 Å². The zero-order chi connectivity index (χ0) is 18.7. The number of hydrogen-bond acceptors (Lipinski definition) is 4. The van der Waals surface area contributed by atoms with Crippen LogP contribution in [0.4, 0.5) is 10.1 Å². The summed E-state index contributed by atoms with van der Waals surface area (Å²) < 4.78 is 46.7. The normalized spacial score (nSPS) is 15.6. The number of halogens is 2. The van der Waals surface area contributed by atoms with Crippen LogP contribution in [-0.2, 0) is 14.8 Å². The Bertz CT molecular complexity index is 930. The van der Waals surface area contributed by atoms with Crippen LogP contribution in [0.2, 0.25) is 0 Å². The van der Waals surface area contributed by atoms with Crippen LogP contribution in [0, 0.1) is 9.39 Å². The lowest BCUT2D eigenvalue weighted by atomic mass is 10.2. The molecule has 0 bridgehead atoms. The molecule has 26 heavy (non-hydrogen) atoms. The highest BCUT2D eigenvalue weighted by molar-refractivity contribution is 14.1. The summed E-state index contributed by atoms with van der Waals surface area (Å²) in [5.74, 6) is -1.39. The van der Waals surface area contributed by atoms with Gasteiger partial charge in [-0.1, -0.05) is 12.1 Å². The van der Waals surface area contributed by atoms with Crippen molar-refractivity contribution in [2.75, 3.05) is 31.6 Å². The number of ether oxygens (including phenoxy) is 1. The summed E-state index contributed by atoms with van der Waals surface area (Å²) in [6.07, 6.45) is 0. The second kappa shape index (κ2) is 7.99. The zero-order valence-electron chi connectivity index (χ0n) is 13.6. The highest BCUT2D eigenvalue weighted by atomic mass is 127. The molecular weight excluding hydrogens is 474 g/mol. The lowest BCUT2D eigenvalue weighted by Gasteiger charge is -2.26. The van der Waals surface area contributed by atoms with E-state index in [4.69, 9.17) is 4.74 Å². The number of sulfonamides is 1. The van der Waals surface area contributed by atoms with Gasteiger partial charge in [0.25, 0.3) is 5.91 Å². The third-order valence-corrected chi connectivity index (χ3v) is 6.76. The molecule has 0 aromatic heterocycles. The van der Waals surface area contributed by atoms with Crippen LogP contribution in [0.1, 0.15) is 10.4 Å². The first kappa shape index (κ1) is 19.2. The minimum atomic E-state index is -4.03. The van der Waals surface area contributed by atoms with Crippen molar-refractivity contribution in [3.05, 3.63) is 57.4 Å². The van der Waals surface area contributed by atoms with Crippen molar-refractivity contribution in [3.8, 4) is 0 Å². The Morgan fingerprint density at radius 2 is 1.85 bits per heavy atom. The van der Waals surface area contributed by atoms with E-state index >= 15 is 0 Å². The summed E-state index contributed by atoms with van der Waals surface area (Å²) in [5, 5.41) is 2.71. The molecule has 6 nitrogen and oxygen atoms in total. The molecule has 1 N–H and O–H groups in total. The number of carbonyl (C=O) groups excluding carboxylic acids is 1. The molecule has 1 fully saturated rings. The summed E-state index contributed by atoms with van der Waals surface area (Å²) in [6.45, 7) is 0.821. The van der Waals surface area contributed by atoms with Gasteiger partial charge in [0.2, 0.25) is 10.0 Å². The highest BCUT2D eigenvalue weighted by Gasteiger charge is 2.29. The fraction of sp³-hybridized carbons (Fsp3) is 0.235. The van der Waals surface area contributed by atoms with Crippen LogP contribution in [0.25, 0.3) is 0 Å². The molecule has 0 atom stereocenters. The molecule has 1 heterocycles. The van der Waals surface area contributed by atoms with E-state index in [1.165, 1.54) is 6.07 Å². The average molecular weight is 490 g/mol. The van der Waals surface area contributed by atoms with Crippen molar-refractivity contribution < 1.29 is 22.3 Å². The van der Waals surface area contributed by atoms with Gasteiger partial charge in [-0.3, -0.25) is 4.79 Å². The Labute approximate surface area is 164 Å². The minimum absolute atomic E-state index is 0.0675. The van der Waals surface area contributed by atoms with E-state index in [1.54, 1.807) is 12.1 Å². The number of nitrogens with one attached hydrogen (secondary N) is 1. The van der Waals surface area contributed by atoms with Crippen LogP contribution >= 0.6 is 22.6 Å². The van der Waals surface area contributed by atoms with E-state index in [0.717, 1.165) is 20.0 Å². The summed E-state index contributed by atoms with van der Waals surface area (Å²) >= 11 is 2.08. The number of hydrogen-bond donors (Lipinski definition) is 1. The number of amides is 1. The number of carbonyl (C=O) groups is 1. The van der Waals surface area contributed by atoms with Gasteiger partial charge in [-0.25, -0.2) is 12.8 Å². The second-order valence-corrected chi connectivity index (χ2v) is 8.66. The predicted molar refractivity (Wildman–Crippen MR) is 103 cm³/mol. The Balaban J connectivity index is 1.90. The third kappa shape index (κ3) is 4.05. The Morgan fingerprint density at radius 1 is 1.15 bits per heavy atom. The van der Waals surface area contributed by atoms with E-state index in [2.05, 4.69) is 27.9 Å². The molecule has 3 rings (SSSR count). The van der Waals surface area contributed by atoms with Crippen molar-refractivity contribution in [1.29, 1.82) is 0 Å². The molecule has 2 aromatic rings. The summed E-state index contributed by atoms with van der Waals surface area (Å²) in [6, 6.07) is 10.5. The molecule has 0 radical (unpaired) electrons. The largest absolute Gasteiger partial charge is 0.379 e. The molecule has 1 amide bonds. The molecule has 0 unspecified atom stereocenters. The monoisotopic (exact) mass is 490 g/mol. The number of nitrogens with zero attached hydrogens (tertiary/aromatic N) is 1. The molecule has 0 saturated carbocycles. The molecule has 1 saturated heterocycles. The molecular formula is C17H16FIN2O4S. The van der Waals surface area contributed by atoms with Crippen LogP contribution in [0.5, 0.6) is 0 Å². The Morgan fingerprint density at radius 3 is 2.54 bits per heavy atom. The van der Waals surface area contributed by atoms with Gasteiger partial charge in [0, 0.05) is 22.2 Å². The summed E-state index contributed by atoms with van der Waals surface area (Å²) in [4.78, 5) is 12.0. The highest BCUT2D eigenvalue weighted by Crippen LogP contribution is 2.23. The lowest BCUT2D eigenvalue weighted by molar-refractivity contribution is 0.0729. The maximum absolute atomic E-state index is 14.2. The van der Waals surface area contributed by atoms with Gasteiger partial charge in [-0.05, 0) is 52.9 Å². The third-order valence-electron chi connectivity index (χ3n) is 3.90. The average Bonchev–Trinajstić information content (AvgIpc) is 2.64. The van der Waals surface area contributed by atoms with E-state index in [1.807, 2.05) is 12.1 Å². The number of anilines is 1. The SMILES string of the molecule is O=C(Nc1ccccc1I)c1ccc(F)c(S(=O)(=O)N2CCOCC2)c1. The molecule has 9 heteroatoms. The number of para-hydroxylation sites is 1. The molecule has 138 valence electrons. The predicted octanol–water partition coefficient (Wildman–Crippen LogP) is 2.70. The van der Waals surface area contributed by atoms with Crippen molar-refractivity contribution in [3.63, 3.8) is 0 Å². The van der Waals surface area contributed by atoms with Crippen LogP contribution in [-0.4, -0.2) is 44.9 Å². The maximum Gasteiger partial charge on any atom is 0.255 e. The minimum Gasteiger partial charge on any atom is -0.379 e. The van der Waals surface area contributed by atoms with Gasteiger partial charge >= 0.3 is 0 Å². The number of morpholine rings is 1. The topological polar surface area (TPSA) is 75.7 Å². The first-order chi connectivity index (χ1) is 12.4. The van der Waals surface area contributed by atoms with Gasteiger partial charge in [0.1, 0.15) is 10.7 Å². The summed E-state index contributed by atoms with van der Waals surface area (Å²) in [5.41, 5.74) is 0.665. The maximum atomic E-state index is 14.2. The number of rotatable bonds is 4. The fourth-order valence-corrected chi connectivity index (χ4v) is 4.55. The zero-order valence-corrected chi connectivity index (χ0v) is 16.6. The molecule has 0 aliphatic carbocycles. The van der Waals surface area contributed by atoms with Crippen molar-refractivity contribution in [2.24, 2.45) is 0 Å². The molecule has 1 aliphatic rings. The molecule has 2 aromatic carbocycles. The smallest absolute Gasteiger partial charge is 0.255 e. The van der Waals surface area contributed by atoms with E-state index in [9.17, 15) is 17.6 Å². The summed E-state index contributed by atoms with van der Waals surface area (Å²) in [7, 11) is -4.03. The molecule has 1 aliphatic heterocycles. The molecule has 0 spiro atoms. The standard InChI is InChI=1S/C17H16FIN2O4S/c18-13-6-5-12(17(22)20-15-4-2-1-3-14(15)19)11-16(13)26(23,24)21-7-9-25-10-8-21/h1-6,11H,7-10H2,(H,20,22). The van der Waals surface area contributed by atoms with Gasteiger partial charge in [0.15, 0.2) is 0 Å². The van der Waals surface area contributed by atoms with Crippen molar-refractivity contribution in [1.82, 2.24) is 4.31 Å². The lowest BCUT2D eigenvalue weighted by Crippen LogP contribution is -2.41. The van der Waals surface area contributed by atoms with Crippen LogP contribution in [0.3, 0.4) is 0 Å². The van der Waals surface area contributed by atoms with Crippen LogP contribution < -0.4 is 5.32 Å². The Hall–Kier alpha value is -1.56. The first-order valence-electron chi connectivity index (χ1n) is 7.83. The van der Waals surface area contributed by atoms with Gasteiger partial charge in [-0.15, -0.1) is 0 Å². The van der Waals surface area contributed by atoms with Gasteiger partial charge in [-0.2, -0.15) is 4.31 Å². The quantitative estimate of drug-likeness (QED) is 0.670. The second-order valence-electron chi connectivity index (χ2n) is 5.60. The van der Waals surface area contributed by atoms with Crippen molar-refractivity contribution >= 4 is 44.2 Å². The van der Waals surface area contributed by atoms with Crippen LogP contribution in [0.15, 0.2) is 47.4 Å².